The fraction of sp³-hybridized carbons (Fsp3) is 0.250. The van der Waals surface area contributed by atoms with Crippen LogP contribution in [0.25, 0.3) is 0 Å². The van der Waals surface area contributed by atoms with E-state index in [0.29, 0.717) is 10.8 Å². The monoisotopic (exact) mass is 251 g/mol. The molecule has 0 aliphatic carbocycles. The summed E-state index contributed by atoms with van der Waals surface area (Å²) in [5, 5.41) is 4.66. The van der Waals surface area contributed by atoms with Gasteiger partial charge in [0.25, 0.3) is 0 Å². The van der Waals surface area contributed by atoms with Crippen molar-refractivity contribution in [2.24, 2.45) is 12.8 Å². The average molecular weight is 252 g/mol. The Bertz CT molecular complexity index is 524. The second kappa shape index (κ2) is 4.77. The summed E-state index contributed by atoms with van der Waals surface area (Å²) in [6.07, 6.45) is 3.64. The molecule has 0 fully saturated rings. The first-order valence-electron chi connectivity index (χ1n) is 5.19. The van der Waals surface area contributed by atoms with Crippen LogP contribution >= 0.6 is 11.6 Å². The fourth-order valence-electron chi connectivity index (χ4n) is 1.67. The molecule has 5 heteroatoms. The van der Waals surface area contributed by atoms with Gasteiger partial charge in [0.1, 0.15) is 5.75 Å². The van der Waals surface area contributed by atoms with Gasteiger partial charge in [0.2, 0.25) is 0 Å². The van der Waals surface area contributed by atoms with Gasteiger partial charge in [-0.3, -0.25) is 4.68 Å². The maximum atomic E-state index is 6.14. The van der Waals surface area contributed by atoms with E-state index in [-0.39, 0.29) is 6.04 Å². The molecule has 90 valence electrons. The predicted octanol–water partition coefficient (Wildman–Crippen LogP) is 2.13. The van der Waals surface area contributed by atoms with Gasteiger partial charge in [-0.05, 0) is 17.7 Å². The standard InChI is InChI=1S/C12H14ClN3O/c1-16-7-9(6-15-16)12(14)8-3-4-11(17-2)10(13)5-8/h3-7,12H,14H2,1-2H3. The Morgan fingerprint density at radius 2 is 2.18 bits per heavy atom. The molecule has 1 aromatic heterocycles. The van der Waals surface area contributed by atoms with E-state index in [0.717, 1.165) is 11.1 Å². The van der Waals surface area contributed by atoms with Crippen molar-refractivity contribution in [1.82, 2.24) is 9.78 Å². The molecule has 1 unspecified atom stereocenters. The lowest BCUT2D eigenvalue weighted by molar-refractivity contribution is 0.415. The van der Waals surface area contributed by atoms with Gasteiger partial charge in [0, 0.05) is 18.8 Å². The Morgan fingerprint density at radius 3 is 2.71 bits per heavy atom. The maximum Gasteiger partial charge on any atom is 0.137 e. The van der Waals surface area contributed by atoms with Crippen molar-refractivity contribution in [3.8, 4) is 5.75 Å². The number of hydrogen-bond donors (Lipinski definition) is 1. The first-order valence-corrected chi connectivity index (χ1v) is 5.57. The highest BCUT2D eigenvalue weighted by Gasteiger charge is 2.12. The minimum Gasteiger partial charge on any atom is -0.495 e. The summed E-state index contributed by atoms with van der Waals surface area (Å²) in [5.41, 5.74) is 8.02. The highest BCUT2D eigenvalue weighted by atomic mass is 35.5. The van der Waals surface area contributed by atoms with Crippen LogP contribution in [-0.2, 0) is 7.05 Å². The van der Waals surface area contributed by atoms with Crippen LogP contribution in [0.15, 0.2) is 30.6 Å². The number of nitrogens with two attached hydrogens (primary N) is 1. The molecular formula is C12H14ClN3O. The van der Waals surface area contributed by atoms with Gasteiger partial charge in [0.15, 0.2) is 0 Å². The number of nitrogens with zero attached hydrogens (tertiary/aromatic N) is 2. The lowest BCUT2D eigenvalue weighted by Crippen LogP contribution is -2.11. The molecule has 0 saturated carbocycles. The van der Waals surface area contributed by atoms with Crippen molar-refractivity contribution in [2.45, 2.75) is 6.04 Å². The Kier molecular flexibility index (Phi) is 3.36. The molecule has 1 atom stereocenters. The molecule has 17 heavy (non-hydrogen) atoms. The third-order valence-electron chi connectivity index (χ3n) is 2.62. The molecule has 2 aromatic rings. The van der Waals surface area contributed by atoms with Gasteiger partial charge in [0.05, 0.1) is 24.4 Å². The van der Waals surface area contributed by atoms with Crippen LogP contribution in [0.3, 0.4) is 0 Å². The van der Waals surface area contributed by atoms with Crippen molar-refractivity contribution in [3.63, 3.8) is 0 Å². The largest absolute Gasteiger partial charge is 0.495 e. The maximum absolute atomic E-state index is 6.14. The average Bonchev–Trinajstić information content (AvgIpc) is 2.75. The van der Waals surface area contributed by atoms with Crippen LogP contribution in [0, 0.1) is 0 Å². The molecule has 0 bridgehead atoms. The predicted molar refractivity (Wildman–Crippen MR) is 67.2 cm³/mol. The van der Waals surface area contributed by atoms with Crippen LogP contribution < -0.4 is 10.5 Å². The van der Waals surface area contributed by atoms with Crippen molar-refractivity contribution in [3.05, 3.63) is 46.7 Å². The Labute approximate surface area is 105 Å². The molecule has 2 rings (SSSR count). The van der Waals surface area contributed by atoms with E-state index in [1.165, 1.54) is 0 Å². The number of benzene rings is 1. The summed E-state index contributed by atoms with van der Waals surface area (Å²) < 4.78 is 6.82. The zero-order valence-electron chi connectivity index (χ0n) is 9.72. The van der Waals surface area contributed by atoms with Gasteiger partial charge in [-0.2, -0.15) is 5.10 Å². The molecule has 2 N–H and O–H groups in total. The third kappa shape index (κ3) is 2.43. The van der Waals surface area contributed by atoms with E-state index in [9.17, 15) is 0 Å². The van der Waals surface area contributed by atoms with Crippen molar-refractivity contribution < 1.29 is 4.74 Å². The summed E-state index contributed by atoms with van der Waals surface area (Å²) in [5.74, 6) is 0.647. The lowest BCUT2D eigenvalue weighted by Gasteiger charge is -2.11. The summed E-state index contributed by atoms with van der Waals surface area (Å²) in [4.78, 5) is 0. The molecular weight excluding hydrogens is 238 g/mol. The van der Waals surface area contributed by atoms with Crippen LogP contribution in [0.2, 0.25) is 5.02 Å². The lowest BCUT2D eigenvalue weighted by atomic mass is 10.0. The van der Waals surface area contributed by atoms with Crippen molar-refractivity contribution in [2.75, 3.05) is 7.11 Å². The van der Waals surface area contributed by atoms with Gasteiger partial charge >= 0.3 is 0 Å². The number of aryl methyl sites for hydroxylation is 1. The molecule has 0 amide bonds. The molecule has 0 spiro atoms. The highest BCUT2D eigenvalue weighted by Crippen LogP contribution is 2.28. The number of halogens is 1. The molecule has 0 radical (unpaired) electrons. The van der Waals surface area contributed by atoms with Crippen LogP contribution in [-0.4, -0.2) is 16.9 Å². The molecule has 4 nitrogen and oxygen atoms in total. The number of rotatable bonds is 3. The van der Waals surface area contributed by atoms with E-state index in [4.69, 9.17) is 22.1 Å². The first kappa shape index (κ1) is 12.0. The van der Waals surface area contributed by atoms with Gasteiger partial charge in [-0.25, -0.2) is 0 Å². The zero-order valence-corrected chi connectivity index (χ0v) is 10.5. The van der Waals surface area contributed by atoms with Crippen LogP contribution in [0.5, 0.6) is 5.75 Å². The van der Waals surface area contributed by atoms with E-state index in [2.05, 4.69) is 5.10 Å². The summed E-state index contributed by atoms with van der Waals surface area (Å²) >= 11 is 6.06. The van der Waals surface area contributed by atoms with Crippen molar-refractivity contribution in [1.29, 1.82) is 0 Å². The molecule has 0 saturated heterocycles. The van der Waals surface area contributed by atoms with E-state index in [1.54, 1.807) is 18.0 Å². The third-order valence-corrected chi connectivity index (χ3v) is 2.91. The summed E-state index contributed by atoms with van der Waals surface area (Å²) in [6, 6.07) is 5.31. The topological polar surface area (TPSA) is 53.1 Å². The van der Waals surface area contributed by atoms with Gasteiger partial charge in [-0.1, -0.05) is 17.7 Å². The smallest absolute Gasteiger partial charge is 0.137 e. The summed E-state index contributed by atoms with van der Waals surface area (Å²) in [7, 11) is 3.44. The van der Waals surface area contributed by atoms with Gasteiger partial charge < -0.3 is 10.5 Å². The highest BCUT2D eigenvalue weighted by molar-refractivity contribution is 6.32. The second-order valence-corrected chi connectivity index (χ2v) is 4.23. The number of hydrogen-bond acceptors (Lipinski definition) is 3. The molecule has 0 aliphatic heterocycles. The SMILES string of the molecule is COc1ccc(C(N)c2cnn(C)c2)cc1Cl. The number of aromatic nitrogens is 2. The van der Waals surface area contributed by atoms with Crippen molar-refractivity contribution >= 4 is 11.6 Å². The first-order chi connectivity index (χ1) is 8.11. The second-order valence-electron chi connectivity index (χ2n) is 3.82. The van der Waals surface area contributed by atoms with Crippen LogP contribution in [0.4, 0.5) is 0 Å². The summed E-state index contributed by atoms with van der Waals surface area (Å²) in [6.45, 7) is 0. The quantitative estimate of drug-likeness (QED) is 0.909. The Balaban J connectivity index is 2.31. The Hall–Kier alpha value is -1.52. The zero-order chi connectivity index (χ0) is 12.4. The molecule has 1 heterocycles. The van der Waals surface area contributed by atoms with Crippen LogP contribution in [0.1, 0.15) is 17.2 Å². The van der Waals surface area contributed by atoms with E-state index < -0.39 is 0 Å². The minimum atomic E-state index is -0.230. The molecule has 0 aliphatic rings. The molecule has 1 aromatic carbocycles. The normalized spacial score (nSPS) is 12.5. The Morgan fingerprint density at radius 1 is 1.41 bits per heavy atom. The van der Waals surface area contributed by atoms with Gasteiger partial charge in [-0.15, -0.1) is 0 Å². The van der Waals surface area contributed by atoms with E-state index >= 15 is 0 Å². The number of ether oxygens (including phenoxy) is 1. The minimum absolute atomic E-state index is 0.230. The fourth-order valence-corrected chi connectivity index (χ4v) is 1.94. The van der Waals surface area contributed by atoms with E-state index in [1.807, 2.05) is 31.4 Å². The number of methoxy groups -OCH3 is 1.